The van der Waals surface area contributed by atoms with Crippen molar-refractivity contribution in [1.29, 1.82) is 0 Å². The van der Waals surface area contributed by atoms with Gasteiger partial charge in [0.1, 0.15) is 5.75 Å². The Morgan fingerprint density at radius 3 is 2.60 bits per heavy atom. The van der Waals surface area contributed by atoms with Gasteiger partial charge in [-0.2, -0.15) is 0 Å². The topological polar surface area (TPSA) is 21.3 Å². The highest BCUT2D eigenvalue weighted by Crippen LogP contribution is 2.27. The van der Waals surface area contributed by atoms with Crippen LogP contribution in [0.5, 0.6) is 5.75 Å². The Balaban J connectivity index is 2.03. The largest absolute Gasteiger partial charge is 0.497 e. The van der Waals surface area contributed by atoms with Crippen LogP contribution in [0.2, 0.25) is 5.02 Å². The predicted octanol–water partition coefficient (Wildman–Crippen LogP) is 4.40. The number of ether oxygens (including phenoxy) is 1. The summed E-state index contributed by atoms with van der Waals surface area (Å²) in [4.78, 5) is 1.22. The van der Waals surface area contributed by atoms with E-state index in [1.807, 2.05) is 55.2 Å². The third-order valence-electron chi connectivity index (χ3n) is 3.07. The van der Waals surface area contributed by atoms with Crippen LogP contribution in [0.1, 0.15) is 11.6 Å². The zero-order valence-electron chi connectivity index (χ0n) is 11.6. The second-order valence-corrected chi connectivity index (χ2v) is 5.91. The molecule has 0 heterocycles. The van der Waals surface area contributed by atoms with Gasteiger partial charge in [0.15, 0.2) is 0 Å². The van der Waals surface area contributed by atoms with Gasteiger partial charge in [-0.15, -0.1) is 11.8 Å². The van der Waals surface area contributed by atoms with Crippen molar-refractivity contribution in [2.24, 2.45) is 0 Å². The summed E-state index contributed by atoms with van der Waals surface area (Å²) in [5.41, 5.74) is 1.23. The number of methoxy groups -OCH3 is 1. The summed E-state index contributed by atoms with van der Waals surface area (Å²) in [6.07, 6.45) is 0. The Morgan fingerprint density at radius 2 is 1.95 bits per heavy atom. The molecule has 20 heavy (non-hydrogen) atoms. The van der Waals surface area contributed by atoms with Gasteiger partial charge in [0.05, 0.1) is 7.11 Å². The Morgan fingerprint density at radius 1 is 1.20 bits per heavy atom. The van der Waals surface area contributed by atoms with Gasteiger partial charge in [-0.05, 0) is 49.0 Å². The molecule has 1 atom stereocenters. The van der Waals surface area contributed by atoms with Crippen molar-refractivity contribution in [3.05, 3.63) is 59.1 Å². The summed E-state index contributed by atoms with van der Waals surface area (Å²) in [7, 11) is 3.67. The lowest BCUT2D eigenvalue weighted by atomic mass is 10.1. The van der Waals surface area contributed by atoms with E-state index in [9.17, 15) is 0 Å². The fourth-order valence-corrected chi connectivity index (χ4v) is 3.09. The molecule has 0 saturated heterocycles. The lowest BCUT2D eigenvalue weighted by molar-refractivity contribution is 0.413. The molecule has 0 bridgehead atoms. The van der Waals surface area contributed by atoms with Gasteiger partial charge in [0.2, 0.25) is 0 Å². The van der Waals surface area contributed by atoms with Crippen molar-refractivity contribution in [1.82, 2.24) is 5.32 Å². The molecular weight excluding hydrogens is 290 g/mol. The molecule has 0 aliphatic heterocycles. The van der Waals surface area contributed by atoms with E-state index in [4.69, 9.17) is 16.3 Å². The fraction of sp³-hybridized carbons (Fsp3) is 0.250. The summed E-state index contributed by atoms with van der Waals surface area (Å²) in [5.74, 6) is 1.84. The number of benzene rings is 2. The van der Waals surface area contributed by atoms with E-state index in [-0.39, 0.29) is 6.04 Å². The van der Waals surface area contributed by atoms with Crippen LogP contribution in [0.3, 0.4) is 0 Å². The minimum Gasteiger partial charge on any atom is -0.497 e. The molecule has 2 rings (SSSR count). The number of rotatable bonds is 6. The molecule has 1 N–H and O–H groups in total. The van der Waals surface area contributed by atoms with Crippen LogP contribution >= 0.6 is 23.4 Å². The molecule has 106 valence electrons. The van der Waals surface area contributed by atoms with Crippen molar-refractivity contribution >= 4 is 23.4 Å². The fourth-order valence-electron chi connectivity index (χ4n) is 1.91. The molecule has 2 aromatic rings. The molecule has 0 aromatic heterocycles. The average molecular weight is 308 g/mol. The summed E-state index contributed by atoms with van der Waals surface area (Å²) in [6.45, 7) is 0. The molecule has 0 radical (unpaired) electrons. The van der Waals surface area contributed by atoms with Crippen LogP contribution < -0.4 is 10.1 Å². The highest BCUT2D eigenvalue weighted by Gasteiger charge is 2.10. The summed E-state index contributed by atoms with van der Waals surface area (Å²) in [5, 5.41) is 4.12. The average Bonchev–Trinajstić information content (AvgIpc) is 2.50. The molecular formula is C16H18ClNOS. The van der Waals surface area contributed by atoms with Crippen molar-refractivity contribution in [2.75, 3.05) is 19.9 Å². The summed E-state index contributed by atoms with van der Waals surface area (Å²) >= 11 is 7.70. The summed E-state index contributed by atoms with van der Waals surface area (Å²) < 4.78 is 5.28. The first-order valence-corrected chi connectivity index (χ1v) is 7.79. The monoisotopic (exact) mass is 307 g/mol. The normalized spacial score (nSPS) is 12.2. The van der Waals surface area contributed by atoms with Crippen molar-refractivity contribution in [2.45, 2.75) is 10.9 Å². The maximum atomic E-state index is 5.90. The second kappa shape index (κ2) is 7.58. The number of halogens is 1. The van der Waals surface area contributed by atoms with Gasteiger partial charge in [-0.25, -0.2) is 0 Å². The molecule has 0 fully saturated rings. The van der Waals surface area contributed by atoms with Crippen LogP contribution in [0.15, 0.2) is 53.4 Å². The minimum absolute atomic E-state index is 0.283. The third kappa shape index (κ3) is 4.17. The first kappa shape index (κ1) is 15.2. The maximum Gasteiger partial charge on any atom is 0.119 e. The Kier molecular flexibility index (Phi) is 5.77. The zero-order valence-corrected chi connectivity index (χ0v) is 13.2. The van der Waals surface area contributed by atoms with E-state index in [1.54, 1.807) is 7.11 Å². The highest BCUT2D eigenvalue weighted by atomic mass is 35.5. The molecule has 0 amide bonds. The molecule has 0 aliphatic carbocycles. The van der Waals surface area contributed by atoms with Crippen LogP contribution in [0.25, 0.3) is 0 Å². The Labute approximate surface area is 129 Å². The van der Waals surface area contributed by atoms with Gasteiger partial charge >= 0.3 is 0 Å². The zero-order chi connectivity index (χ0) is 14.4. The lowest BCUT2D eigenvalue weighted by Gasteiger charge is -2.17. The van der Waals surface area contributed by atoms with Gasteiger partial charge in [-0.1, -0.05) is 23.7 Å². The van der Waals surface area contributed by atoms with E-state index in [2.05, 4.69) is 17.4 Å². The molecule has 4 heteroatoms. The highest BCUT2D eigenvalue weighted by molar-refractivity contribution is 7.99. The summed E-state index contributed by atoms with van der Waals surface area (Å²) in [6, 6.07) is 16.4. The number of hydrogen-bond acceptors (Lipinski definition) is 3. The molecule has 2 nitrogen and oxygen atoms in total. The van der Waals surface area contributed by atoms with Gasteiger partial charge in [0, 0.05) is 21.7 Å². The smallest absolute Gasteiger partial charge is 0.119 e. The van der Waals surface area contributed by atoms with E-state index < -0.39 is 0 Å². The molecule has 0 spiro atoms. The quantitative estimate of drug-likeness (QED) is 0.799. The number of nitrogens with one attached hydrogen (secondary N) is 1. The third-order valence-corrected chi connectivity index (χ3v) is 4.43. The standard InChI is InChI=1S/C16H18ClNOS/c1-18-16(12-4-3-5-14(10-12)19-2)11-20-15-8-6-13(17)7-9-15/h3-10,16,18H,11H2,1-2H3. The molecule has 0 saturated carbocycles. The Hall–Kier alpha value is -1.16. The molecule has 1 unspecified atom stereocenters. The first-order valence-electron chi connectivity index (χ1n) is 6.42. The van der Waals surface area contributed by atoms with Crippen LogP contribution in [-0.4, -0.2) is 19.9 Å². The number of hydrogen-bond donors (Lipinski definition) is 1. The maximum absolute atomic E-state index is 5.90. The van der Waals surface area contributed by atoms with Gasteiger partial charge in [0.25, 0.3) is 0 Å². The van der Waals surface area contributed by atoms with E-state index in [0.29, 0.717) is 0 Å². The SMILES string of the molecule is CNC(CSc1ccc(Cl)cc1)c1cccc(OC)c1. The molecule has 0 aliphatic rings. The van der Waals surface area contributed by atoms with Crippen LogP contribution in [-0.2, 0) is 0 Å². The van der Waals surface area contributed by atoms with Crippen LogP contribution in [0, 0.1) is 0 Å². The Bertz CT molecular complexity index is 544. The van der Waals surface area contributed by atoms with E-state index in [0.717, 1.165) is 16.5 Å². The van der Waals surface area contributed by atoms with Crippen LogP contribution in [0.4, 0.5) is 0 Å². The second-order valence-electron chi connectivity index (χ2n) is 4.38. The van der Waals surface area contributed by atoms with Gasteiger partial charge in [-0.3, -0.25) is 0 Å². The number of thioether (sulfide) groups is 1. The van der Waals surface area contributed by atoms with Crippen molar-refractivity contribution in [3.63, 3.8) is 0 Å². The van der Waals surface area contributed by atoms with E-state index in [1.165, 1.54) is 10.5 Å². The lowest BCUT2D eigenvalue weighted by Crippen LogP contribution is -2.18. The van der Waals surface area contributed by atoms with Crippen molar-refractivity contribution in [3.8, 4) is 5.75 Å². The molecule has 2 aromatic carbocycles. The minimum atomic E-state index is 0.283. The first-order chi connectivity index (χ1) is 9.72. The van der Waals surface area contributed by atoms with Gasteiger partial charge < -0.3 is 10.1 Å². The van der Waals surface area contributed by atoms with Crippen molar-refractivity contribution < 1.29 is 4.74 Å². The predicted molar refractivity (Wildman–Crippen MR) is 87.0 cm³/mol. The van der Waals surface area contributed by atoms with E-state index >= 15 is 0 Å².